The lowest BCUT2D eigenvalue weighted by Crippen LogP contribution is -2.40. The van der Waals surface area contributed by atoms with Crippen LogP contribution < -0.4 is 5.32 Å². The zero-order valence-electron chi connectivity index (χ0n) is 11.9. The fourth-order valence-electron chi connectivity index (χ4n) is 2.80. The quantitative estimate of drug-likeness (QED) is 0.889. The molecule has 3 rings (SSSR count). The second-order valence-electron chi connectivity index (χ2n) is 5.64. The molecule has 1 aromatic heterocycles. The van der Waals surface area contributed by atoms with Gasteiger partial charge in [0.25, 0.3) is 0 Å². The molecule has 1 fully saturated rings. The van der Waals surface area contributed by atoms with E-state index < -0.39 is 0 Å². The molecule has 6 heteroatoms. The molecule has 0 bridgehead atoms. The van der Waals surface area contributed by atoms with E-state index in [4.69, 9.17) is 0 Å². The number of carbonyl (C=O) groups excluding carboxylic acids is 2. The normalized spacial score (nSPS) is 21.5. The molecule has 0 saturated heterocycles. The monoisotopic (exact) mass is 276 g/mol. The van der Waals surface area contributed by atoms with Gasteiger partial charge in [-0.3, -0.25) is 9.59 Å². The van der Waals surface area contributed by atoms with E-state index in [1.54, 1.807) is 6.92 Å². The second-order valence-corrected chi connectivity index (χ2v) is 5.64. The summed E-state index contributed by atoms with van der Waals surface area (Å²) in [5.74, 6) is 1.36. The Labute approximate surface area is 118 Å². The lowest BCUT2D eigenvalue weighted by Gasteiger charge is -2.33. The summed E-state index contributed by atoms with van der Waals surface area (Å²) in [6.45, 7) is 5.55. The maximum atomic E-state index is 11.7. The lowest BCUT2D eigenvalue weighted by atomic mass is 10.2. The molecule has 2 amide bonds. The number of amides is 2. The van der Waals surface area contributed by atoms with Crippen molar-refractivity contribution in [2.75, 3.05) is 6.54 Å². The summed E-state index contributed by atoms with van der Waals surface area (Å²) in [5.41, 5.74) is 1.02. The van der Waals surface area contributed by atoms with E-state index in [-0.39, 0.29) is 23.8 Å². The predicted molar refractivity (Wildman–Crippen MR) is 72.6 cm³/mol. The van der Waals surface area contributed by atoms with Crippen LogP contribution in [0.4, 0.5) is 0 Å². The van der Waals surface area contributed by atoms with Gasteiger partial charge in [0.15, 0.2) is 0 Å². The van der Waals surface area contributed by atoms with Crippen molar-refractivity contribution < 1.29 is 9.59 Å². The van der Waals surface area contributed by atoms with Crippen molar-refractivity contribution in [3.05, 3.63) is 17.7 Å². The Bertz CT molecular complexity index is 547. The second kappa shape index (κ2) is 4.92. The average molecular weight is 276 g/mol. The Morgan fingerprint density at radius 2 is 2.15 bits per heavy atom. The summed E-state index contributed by atoms with van der Waals surface area (Å²) in [6, 6.07) is -0.00543. The van der Waals surface area contributed by atoms with Gasteiger partial charge in [-0.05, 0) is 19.8 Å². The first-order chi connectivity index (χ1) is 9.58. The first-order valence-electron chi connectivity index (χ1n) is 7.17. The zero-order chi connectivity index (χ0) is 14.3. The summed E-state index contributed by atoms with van der Waals surface area (Å²) in [4.78, 5) is 29.5. The minimum absolute atomic E-state index is 0.00543. The fraction of sp³-hybridized carbons (Fsp3) is 0.643. The van der Waals surface area contributed by atoms with Crippen LogP contribution in [0.15, 0.2) is 6.20 Å². The highest BCUT2D eigenvalue weighted by molar-refractivity contribution is 5.80. The maximum Gasteiger partial charge on any atom is 0.223 e. The Kier molecular flexibility index (Phi) is 3.23. The van der Waals surface area contributed by atoms with Crippen LogP contribution in [0.2, 0.25) is 0 Å². The summed E-state index contributed by atoms with van der Waals surface area (Å²) >= 11 is 0. The van der Waals surface area contributed by atoms with E-state index in [2.05, 4.69) is 14.9 Å². The number of aromatic nitrogens is 2. The lowest BCUT2D eigenvalue weighted by molar-refractivity contribution is -0.132. The van der Waals surface area contributed by atoms with Crippen LogP contribution in [0.1, 0.15) is 44.2 Å². The number of hydrogen-bond acceptors (Lipinski definition) is 3. The van der Waals surface area contributed by atoms with Gasteiger partial charge in [0.2, 0.25) is 11.8 Å². The molecule has 1 atom stereocenters. The number of fused-ring (bicyclic) bond motifs is 1. The third kappa shape index (κ3) is 2.30. The van der Waals surface area contributed by atoms with Gasteiger partial charge >= 0.3 is 0 Å². The minimum Gasteiger partial charge on any atom is -0.350 e. The van der Waals surface area contributed by atoms with Crippen LogP contribution in [0.3, 0.4) is 0 Å². The van der Waals surface area contributed by atoms with E-state index in [0.717, 1.165) is 30.9 Å². The first-order valence-corrected chi connectivity index (χ1v) is 7.17. The van der Waals surface area contributed by atoms with E-state index in [1.807, 2.05) is 18.0 Å². The Hall–Kier alpha value is -1.85. The molecule has 1 saturated carbocycles. The largest absolute Gasteiger partial charge is 0.350 e. The molecule has 2 aliphatic rings. The van der Waals surface area contributed by atoms with Crippen LogP contribution in [-0.2, 0) is 22.7 Å². The minimum atomic E-state index is -0.00543. The fourth-order valence-corrected chi connectivity index (χ4v) is 2.80. The summed E-state index contributed by atoms with van der Waals surface area (Å²) in [6.07, 6.45) is 3.84. The van der Waals surface area contributed by atoms with Crippen LogP contribution in [-0.4, -0.2) is 32.8 Å². The van der Waals surface area contributed by atoms with Crippen molar-refractivity contribution in [1.29, 1.82) is 0 Å². The third-order valence-corrected chi connectivity index (χ3v) is 4.17. The SMILES string of the molecule is CC(=O)N1CCn2c(CNC(=O)C3CC3)cnc2C1C. The highest BCUT2D eigenvalue weighted by Gasteiger charge is 2.31. The van der Waals surface area contributed by atoms with Gasteiger partial charge in [-0.15, -0.1) is 0 Å². The topological polar surface area (TPSA) is 67.2 Å². The van der Waals surface area contributed by atoms with Crippen LogP contribution in [0.25, 0.3) is 0 Å². The number of imidazole rings is 1. The molecule has 1 aliphatic carbocycles. The van der Waals surface area contributed by atoms with Crippen molar-refractivity contribution in [3.63, 3.8) is 0 Å². The van der Waals surface area contributed by atoms with Gasteiger partial charge in [-0.25, -0.2) is 4.98 Å². The van der Waals surface area contributed by atoms with Crippen LogP contribution in [0.5, 0.6) is 0 Å². The van der Waals surface area contributed by atoms with E-state index in [9.17, 15) is 9.59 Å². The van der Waals surface area contributed by atoms with Gasteiger partial charge < -0.3 is 14.8 Å². The zero-order valence-corrected chi connectivity index (χ0v) is 11.9. The molecule has 1 aliphatic heterocycles. The molecule has 0 spiro atoms. The third-order valence-electron chi connectivity index (χ3n) is 4.17. The van der Waals surface area contributed by atoms with E-state index in [1.165, 1.54) is 0 Å². The molecule has 1 N–H and O–H groups in total. The molecule has 108 valence electrons. The van der Waals surface area contributed by atoms with E-state index in [0.29, 0.717) is 13.1 Å². The molecule has 20 heavy (non-hydrogen) atoms. The number of nitrogens with zero attached hydrogens (tertiary/aromatic N) is 3. The summed E-state index contributed by atoms with van der Waals surface area (Å²) in [7, 11) is 0. The maximum absolute atomic E-state index is 11.7. The molecule has 1 aromatic rings. The Morgan fingerprint density at radius 3 is 2.80 bits per heavy atom. The van der Waals surface area contributed by atoms with Crippen molar-refractivity contribution >= 4 is 11.8 Å². The van der Waals surface area contributed by atoms with Crippen molar-refractivity contribution in [3.8, 4) is 0 Å². The van der Waals surface area contributed by atoms with Crippen molar-refractivity contribution in [2.24, 2.45) is 5.92 Å². The van der Waals surface area contributed by atoms with Gasteiger partial charge in [-0.1, -0.05) is 0 Å². The standard InChI is InChI=1S/C14H20N4O2/c1-9-13-15-7-12(8-16-14(20)11-3-4-11)18(13)6-5-17(9)10(2)19/h7,9,11H,3-6,8H2,1-2H3,(H,16,20). The van der Waals surface area contributed by atoms with Crippen LogP contribution in [0, 0.1) is 5.92 Å². The summed E-state index contributed by atoms with van der Waals surface area (Å²) in [5, 5.41) is 2.97. The molecular formula is C14H20N4O2. The number of rotatable bonds is 3. The average Bonchev–Trinajstić information content (AvgIpc) is 3.17. The molecule has 0 aromatic carbocycles. The van der Waals surface area contributed by atoms with Gasteiger partial charge in [0, 0.05) is 25.9 Å². The van der Waals surface area contributed by atoms with Gasteiger partial charge in [-0.2, -0.15) is 0 Å². The first kappa shape index (κ1) is 13.1. The molecule has 0 radical (unpaired) electrons. The molecule has 1 unspecified atom stereocenters. The molecular weight excluding hydrogens is 256 g/mol. The highest BCUT2D eigenvalue weighted by Crippen LogP contribution is 2.29. The smallest absolute Gasteiger partial charge is 0.223 e. The van der Waals surface area contributed by atoms with Crippen molar-refractivity contribution in [1.82, 2.24) is 19.8 Å². The Morgan fingerprint density at radius 1 is 1.40 bits per heavy atom. The predicted octanol–water partition coefficient (Wildman–Crippen LogP) is 0.832. The number of nitrogens with one attached hydrogen (secondary N) is 1. The number of hydrogen-bond donors (Lipinski definition) is 1. The van der Waals surface area contributed by atoms with Crippen LogP contribution >= 0.6 is 0 Å². The molecule has 2 heterocycles. The number of carbonyl (C=O) groups is 2. The van der Waals surface area contributed by atoms with E-state index >= 15 is 0 Å². The van der Waals surface area contributed by atoms with Gasteiger partial charge in [0.1, 0.15) is 5.82 Å². The Balaban J connectivity index is 1.71. The molecule has 6 nitrogen and oxygen atoms in total. The van der Waals surface area contributed by atoms with Crippen molar-refractivity contribution in [2.45, 2.75) is 45.8 Å². The highest BCUT2D eigenvalue weighted by atomic mass is 16.2. The van der Waals surface area contributed by atoms with Gasteiger partial charge in [0.05, 0.1) is 24.5 Å². The summed E-state index contributed by atoms with van der Waals surface area (Å²) < 4.78 is 2.12.